The van der Waals surface area contributed by atoms with Crippen LogP contribution >= 0.6 is 0 Å². The van der Waals surface area contributed by atoms with E-state index in [1.54, 1.807) is 0 Å². The number of carboxylic acids is 1. The molecule has 2 unspecified atom stereocenters. The molecule has 0 aromatic heterocycles. The molecule has 0 amide bonds. The Hall–Kier alpha value is -0.610. The quantitative estimate of drug-likeness (QED) is 0.720. The summed E-state index contributed by atoms with van der Waals surface area (Å²) in [5, 5.41) is 9.33. The summed E-state index contributed by atoms with van der Waals surface area (Å²) in [6.07, 6.45) is 1.60. The molecule has 1 saturated heterocycles. The van der Waals surface area contributed by atoms with E-state index in [9.17, 15) is 9.90 Å². The van der Waals surface area contributed by atoms with Crippen LogP contribution in [0.15, 0.2) is 0 Å². The van der Waals surface area contributed by atoms with Crippen molar-refractivity contribution in [3.05, 3.63) is 0 Å². The monoisotopic (exact) mass is 215 g/mol. The van der Waals surface area contributed by atoms with Gasteiger partial charge >= 0.3 is 5.97 Å². The fourth-order valence-corrected chi connectivity index (χ4v) is 2.24. The number of aliphatic carboxylic acids is 1. The normalized spacial score (nSPS) is 25.5. The first-order chi connectivity index (χ1) is 7.03. The van der Waals surface area contributed by atoms with Gasteiger partial charge in [0.2, 0.25) is 0 Å². The molecule has 2 atom stereocenters. The first-order valence-corrected chi connectivity index (χ1v) is 5.54. The van der Waals surface area contributed by atoms with Crippen molar-refractivity contribution in [3.8, 4) is 0 Å². The number of ether oxygens (including phenoxy) is 1. The summed E-state index contributed by atoms with van der Waals surface area (Å²) in [5.41, 5.74) is 4.89. The molecular formula is C11H21NO3. The van der Waals surface area contributed by atoms with Gasteiger partial charge in [-0.3, -0.25) is 4.79 Å². The number of nitrogens with two attached hydrogens (primary N) is 1. The Morgan fingerprint density at radius 1 is 1.67 bits per heavy atom. The molecule has 15 heavy (non-hydrogen) atoms. The zero-order chi connectivity index (χ0) is 11.5. The maximum absolute atomic E-state index is 11.4. The molecule has 4 heteroatoms. The van der Waals surface area contributed by atoms with E-state index in [4.69, 9.17) is 10.5 Å². The Morgan fingerprint density at radius 3 is 2.67 bits per heavy atom. The maximum Gasteiger partial charge on any atom is 0.311 e. The van der Waals surface area contributed by atoms with Gasteiger partial charge in [0.05, 0.1) is 5.41 Å². The lowest BCUT2D eigenvalue weighted by Gasteiger charge is -2.34. The summed E-state index contributed by atoms with van der Waals surface area (Å²) in [5.74, 6) is -0.362. The summed E-state index contributed by atoms with van der Waals surface area (Å²) in [6.45, 7) is 5.49. The van der Waals surface area contributed by atoms with Crippen molar-refractivity contribution in [3.63, 3.8) is 0 Å². The van der Waals surface area contributed by atoms with Crippen LogP contribution in [-0.4, -0.2) is 30.8 Å². The van der Waals surface area contributed by atoms with E-state index < -0.39 is 11.4 Å². The minimum atomic E-state index is -0.779. The lowest BCUT2D eigenvalue weighted by Crippen LogP contribution is -2.44. The van der Waals surface area contributed by atoms with Crippen molar-refractivity contribution in [1.29, 1.82) is 0 Å². The van der Waals surface area contributed by atoms with Gasteiger partial charge in [0.1, 0.15) is 0 Å². The van der Waals surface area contributed by atoms with Gasteiger partial charge in [-0.15, -0.1) is 0 Å². The molecule has 0 aromatic carbocycles. The number of hydrogen-bond acceptors (Lipinski definition) is 3. The first-order valence-electron chi connectivity index (χ1n) is 5.54. The average molecular weight is 215 g/mol. The zero-order valence-corrected chi connectivity index (χ0v) is 9.53. The molecule has 1 aliphatic rings. The molecule has 4 nitrogen and oxygen atoms in total. The topological polar surface area (TPSA) is 72.5 Å². The van der Waals surface area contributed by atoms with Gasteiger partial charge in [-0.2, -0.15) is 0 Å². The van der Waals surface area contributed by atoms with Crippen LogP contribution in [0.2, 0.25) is 0 Å². The molecule has 1 rings (SSSR count). The van der Waals surface area contributed by atoms with E-state index >= 15 is 0 Å². The van der Waals surface area contributed by atoms with Gasteiger partial charge in [0.15, 0.2) is 0 Å². The van der Waals surface area contributed by atoms with E-state index in [-0.39, 0.29) is 12.5 Å². The summed E-state index contributed by atoms with van der Waals surface area (Å²) in [7, 11) is 0. The highest BCUT2D eigenvalue weighted by molar-refractivity contribution is 5.75. The Bertz CT molecular complexity index is 224. The molecule has 0 aromatic rings. The fraction of sp³-hybridized carbons (Fsp3) is 0.909. The van der Waals surface area contributed by atoms with Crippen LogP contribution in [-0.2, 0) is 9.53 Å². The van der Waals surface area contributed by atoms with Crippen LogP contribution in [0.25, 0.3) is 0 Å². The predicted octanol–water partition coefficient (Wildman–Crippen LogP) is 1.10. The Morgan fingerprint density at radius 2 is 2.33 bits per heavy atom. The highest BCUT2D eigenvalue weighted by Gasteiger charge is 2.42. The number of carboxylic acid groups (broad SMARTS) is 1. The Balaban J connectivity index is 2.74. The third-order valence-corrected chi connectivity index (χ3v) is 3.57. The Kier molecular flexibility index (Phi) is 4.11. The van der Waals surface area contributed by atoms with E-state index in [1.807, 2.05) is 13.8 Å². The molecule has 0 spiro atoms. The zero-order valence-electron chi connectivity index (χ0n) is 9.53. The van der Waals surface area contributed by atoms with Crippen molar-refractivity contribution in [2.75, 3.05) is 19.8 Å². The molecule has 0 radical (unpaired) electrons. The van der Waals surface area contributed by atoms with Crippen molar-refractivity contribution >= 4 is 5.97 Å². The van der Waals surface area contributed by atoms with Crippen LogP contribution in [0.1, 0.15) is 26.7 Å². The highest BCUT2D eigenvalue weighted by Crippen LogP contribution is 2.36. The molecule has 1 fully saturated rings. The number of rotatable bonds is 5. The second kappa shape index (κ2) is 4.94. The lowest BCUT2D eigenvalue weighted by molar-refractivity contribution is -0.152. The summed E-state index contributed by atoms with van der Waals surface area (Å²) >= 11 is 0. The second-order valence-electron chi connectivity index (χ2n) is 4.75. The summed E-state index contributed by atoms with van der Waals surface area (Å²) < 4.78 is 5.27. The predicted molar refractivity (Wildman–Crippen MR) is 57.5 cm³/mol. The van der Waals surface area contributed by atoms with Crippen molar-refractivity contribution in [2.45, 2.75) is 26.7 Å². The summed E-state index contributed by atoms with van der Waals surface area (Å²) in [6, 6.07) is 0. The van der Waals surface area contributed by atoms with Gasteiger partial charge in [-0.1, -0.05) is 13.8 Å². The molecule has 0 aliphatic carbocycles. The van der Waals surface area contributed by atoms with Crippen molar-refractivity contribution in [1.82, 2.24) is 0 Å². The minimum Gasteiger partial charge on any atom is -0.481 e. The average Bonchev–Trinajstić information content (AvgIpc) is 2.65. The molecule has 3 N–H and O–H groups in total. The third kappa shape index (κ3) is 2.49. The molecule has 0 saturated carbocycles. The molecule has 1 heterocycles. The number of hydrogen-bond donors (Lipinski definition) is 2. The maximum atomic E-state index is 11.4. The molecule has 0 bridgehead atoms. The van der Waals surface area contributed by atoms with Crippen LogP contribution in [0, 0.1) is 17.3 Å². The molecule has 1 aliphatic heterocycles. The van der Waals surface area contributed by atoms with Gasteiger partial charge in [0.25, 0.3) is 0 Å². The van der Waals surface area contributed by atoms with E-state index in [0.717, 1.165) is 13.0 Å². The SMILES string of the molecule is CC(C)C(CN)(CC1CCOC1)C(=O)O. The van der Waals surface area contributed by atoms with Gasteiger partial charge in [-0.05, 0) is 24.7 Å². The Labute approximate surface area is 90.8 Å². The largest absolute Gasteiger partial charge is 0.481 e. The van der Waals surface area contributed by atoms with Gasteiger partial charge < -0.3 is 15.6 Å². The fourth-order valence-electron chi connectivity index (χ4n) is 2.24. The standard InChI is InChI=1S/C11H21NO3/c1-8(2)11(7-12,10(13)14)5-9-3-4-15-6-9/h8-9H,3-7,12H2,1-2H3,(H,13,14). The van der Waals surface area contributed by atoms with E-state index in [2.05, 4.69) is 0 Å². The summed E-state index contributed by atoms with van der Waals surface area (Å²) in [4.78, 5) is 11.4. The smallest absolute Gasteiger partial charge is 0.311 e. The van der Waals surface area contributed by atoms with Crippen molar-refractivity contribution < 1.29 is 14.6 Å². The highest BCUT2D eigenvalue weighted by atomic mass is 16.5. The van der Waals surface area contributed by atoms with E-state index in [0.29, 0.717) is 18.9 Å². The number of carbonyl (C=O) groups is 1. The molecule has 88 valence electrons. The van der Waals surface area contributed by atoms with Gasteiger partial charge in [-0.25, -0.2) is 0 Å². The minimum absolute atomic E-state index is 0.0561. The van der Waals surface area contributed by atoms with Crippen LogP contribution < -0.4 is 5.73 Å². The second-order valence-corrected chi connectivity index (χ2v) is 4.75. The van der Waals surface area contributed by atoms with Crippen LogP contribution in [0.4, 0.5) is 0 Å². The third-order valence-electron chi connectivity index (χ3n) is 3.57. The van der Waals surface area contributed by atoms with Gasteiger partial charge in [0, 0.05) is 19.8 Å². The van der Waals surface area contributed by atoms with Crippen LogP contribution in [0.3, 0.4) is 0 Å². The first kappa shape index (κ1) is 12.5. The van der Waals surface area contributed by atoms with Crippen molar-refractivity contribution in [2.24, 2.45) is 23.0 Å². The van der Waals surface area contributed by atoms with E-state index in [1.165, 1.54) is 0 Å². The lowest BCUT2D eigenvalue weighted by atomic mass is 9.71. The van der Waals surface area contributed by atoms with Crippen LogP contribution in [0.5, 0.6) is 0 Å². The molecular weight excluding hydrogens is 194 g/mol.